The van der Waals surface area contributed by atoms with Gasteiger partial charge in [0.15, 0.2) is 0 Å². The minimum atomic E-state index is 0.576. The van der Waals surface area contributed by atoms with Gasteiger partial charge in [0.2, 0.25) is 0 Å². The zero-order valence-electron chi connectivity index (χ0n) is 3.32. The molecule has 0 bridgehead atoms. The maximum Gasteiger partial charge on any atom is 0.121 e. The standard InChI is InChI=1S/C2H7N3O/c1-3-2-6-5-4-1/h3-5H,1-2H2. The molecule has 6 heavy (non-hydrogen) atoms. The molecule has 4 nitrogen and oxygen atoms in total. The van der Waals surface area contributed by atoms with E-state index in [1.807, 2.05) is 0 Å². The monoisotopic (exact) mass is 89.1 g/mol. The summed E-state index contributed by atoms with van der Waals surface area (Å²) >= 11 is 0. The topological polar surface area (TPSA) is 45.3 Å². The van der Waals surface area contributed by atoms with Crippen LogP contribution in [0, 0.1) is 0 Å². The Kier molecular flexibility index (Phi) is 1.40. The van der Waals surface area contributed by atoms with Crippen LogP contribution in [0.5, 0.6) is 0 Å². The molecule has 36 valence electrons. The second kappa shape index (κ2) is 2.09. The first-order chi connectivity index (χ1) is 3.00. The predicted octanol–water partition coefficient (Wildman–Crippen LogP) is -1.47. The van der Waals surface area contributed by atoms with E-state index in [0.29, 0.717) is 6.73 Å². The van der Waals surface area contributed by atoms with Crippen LogP contribution in [0.3, 0.4) is 0 Å². The molecule has 1 rings (SSSR count). The van der Waals surface area contributed by atoms with Gasteiger partial charge in [-0.2, -0.15) is 0 Å². The van der Waals surface area contributed by atoms with Gasteiger partial charge in [-0.15, -0.1) is 5.59 Å². The summed E-state index contributed by atoms with van der Waals surface area (Å²) < 4.78 is 0. The molecule has 0 atom stereocenters. The summed E-state index contributed by atoms with van der Waals surface area (Å²) in [5.74, 6) is 0. The fourth-order valence-corrected chi connectivity index (χ4v) is 0.288. The number of rotatable bonds is 0. The van der Waals surface area contributed by atoms with Gasteiger partial charge in [-0.1, -0.05) is 0 Å². The molecule has 1 aliphatic heterocycles. The summed E-state index contributed by atoms with van der Waals surface area (Å²) in [6, 6.07) is 0. The highest BCUT2D eigenvalue weighted by atomic mass is 16.7. The molecule has 1 heterocycles. The van der Waals surface area contributed by atoms with Gasteiger partial charge in [-0.25, -0.2) is 5.43 Å². The van der Waals surface area contributed by atoms with Crippen molar-refractivity contribution in [3.63, 3.8) is 0 Å². The van der Waals surface area contributed by atoms with E-state index in [9.17, 15) is 0 Å². The van der Waals surface area contributed by atoms with Crippen molar-refractivity contribution >= 4 is 0 Å². The Hall–Kier alpha value is -0.160. The van der Waals surface area contributed by atoms with Crippen molar-refractivity contribution in [3.05, 3.63) is 0 Å². The first-order valence-corrected chi connectivity index (χ1v) is 1.80. The smallest absolute Gasteiger partial charge is 0.121 e. The summed E-state index contributed by atoms with van der Waals surface area (Å²) in [5.41, 5.74) is 5.17. The fraction of sp³-hybridized carbons (Fsp3) is 1.00. The Bertz CT molecular complexity index is 24.3. The summed E-state index contributed by atoms with van der Waals surface area (Å²) in [6.45, 7) is 1.34. The number of hydrazine groups is 1. The molecule has 0 spiro atoms. The third-order valence-corrected chi connectivity index (χ3v) is 0.532. The van der Waals surface area contributed by atoms with Crippen molar-refractivity contribution < 1.29 is 4.84 Å². The van der Waals surface area contributed by atoms with Crippen molar-refractivity contribution in [2.24, 2.45) is 0 Å². The van der Waals surface area contributed by atoms with Crippen molar-refractivity contribution in [1.29, 1.82) is 0 Å². The fourth-order valence-electron chi connectivity index (χ4n) is 0.288. The number of hydrogen-bond acceptors (Lipinski definition) is 4. The molecule has 0 saturated carbocycles. The van der Waals surface area contributed by atoms with Crippen LogP contribution >= 0.6 is 0 Å². The average Bonchev–Trinajstić information content (AvgIpc) is 1.72. The van der Waals surface area contributed by atoms with Gasteiger partial charge in [0.25, 0.3) is 0 Å². The second-order valence-corrected chi connectivity index (χ2v) is 0.994. The molecule has 0 aliphatic carbocycles. The first kappa shape index (κ1) is 4.01. The number of nitrogens with one attached hydrogen (secondary N) is 3. The summed E-state index contributed by atoms with van der Waals surface area (Å²) in [4.78, 5) is 4.60. The molecule has 3 N–H and O–H groups in total. The van der Waals surface area contributed by atoms with Crippen LogP contribution in [0.15, 0.2) is 0 Å². The van der Waals surface area contributed by atoms with Gasteiger partial charge in [-0.3, -0.25) is 10.2 Å². The lowest BCUT2D eigenvalue weighted by molar-refractivity contribution is -0.0341. The van der Waals surface area contributed by atoms with Crippen molar-refractivity contribution in [3.8, 4) is 0 Å². The van der Waals surface area contributed by atoms with Crippen LogP contribution in [0.2, 0.25) is 0 Å². The van der Waals surface area contributed by atoms with E-state index in [0.717, 1.165) is 6.67 Å². The van der Waals surface area contributed by atoms with E-state index >= 15 is 0 Å². The van der Waals surface area contributed by atoms with Gasteiger partial charge < -0.3 is 0 Å². The molecule has 1 fully saturated rings. The van der Waals surface area contributed by atoms with E-state index in [-0.39, 0.29) is 0 Å². The van der Waals surface area contributed by atoms with Gasteiger partial charge in [0, 0.05) is 0 Å². The highest BCUT2D eigenvalue weighted by Gasteiger charge is 1.89. The van der Waals surface area contributed by atoms with Crippen LogP contribution < -0.4 is 16.3 Å². The van der Waals surface area contributed by atoms with Crippen molar-refractivity contribution in [2.75, 3.05) is 13.4 Å². The molecule has 0 aromatic carbocycles. The summed E-state index contributed by atoms with van der Waals surface area (Å²) in [5, 5.41) is 2.89. The van der Waals surface area contributed by atoms with Crippen LogP contribution in [0.4, 0.5) is 0 Å². The Morgan fingerprint density at radius 1 is 1.50 bits per heavy atom. The minimum Gasteiger partial charge on any atom is -0.279 e. The first-order valence-electron chi connectivity index (χ1n) is 1.80. The van der Waals surface area contributed by atoms with E-state index in [4.69, 9.17) is 0 Å². The van der Waals surface area contributed by atoms with Gasteiger partial charge >= 0.3 is 0 Å². The Morgan fingerprint density at radius 2 is 2.50 bits per heavy atom. The van der Waals surface area contributed by atoms with Gasteiger partial charge in [0.1, 0.15) is 6.73 Å². The lowest BCUT2D eigenvalue weighted by Crippen LogP contribution is -2.47. The Morgan fingerprint density at radius 3 is 2.67 bits per heavy atom. The molecule has 0 unspecified atom stereocenters. The van der Waals surface area contributed by atoms with Gasteiger partial charge in [-0.05, 0) is 0 Å². The number of hydrogen-bond donors (Lipinski definition) is 3. The highest BCUT2D eigenvalue weighted by molar-refractivity contribution is 4.31. The van der Waals surface area contributed by atoms with E-state index in [1.54, 1.807) is 0 Å². The summed E-state index contributed by atoms with van der Waals surface area (Å²) in [6.07, 6.45) is 0. The van der Waals surface area contributed by atoms with E-state index < -0.39 is 0 Å². The molecule has 0 aromatic rings. The lowest BCUT2D eigenvalue weighted by atomic mass is 11.0. The van der Waals surface area contributed by atoms with Crippen molar-refractivity contribution in [1.82, 2.24) is 16.3 Å². The minimum absolute atomic E-state index is 0.576. The maximum absolute atomic E-state index is 4.60. The quantitative estimate of drug-likeness (QED) is 0.339. The van der Waals surface area contributed by atoms with Crippen LogP contribution in [0.25, 0.3) is 0 Å². The van der Waals surface area contributed by atoms with E-state index in [2.05, 4.69) is 21.2 Å². The Balaban J connectivity index is 2.00. The third kappa shape index (κ3) is 0.908. The SMILES string of the molecule is C1NCONN1. The largest absolute Gasteiger partial charge is 0.279 e. The zero-order valence-corrected chi connectivity index (χ0v) is 3.32. The van der Waals surface area contributed by atoms with E-state index in [1.165, 1.54) is 0 Å². The van der Waals surface area contributed by atoms with Crippen molar-refractivity contribution in [2.45, 2.75) is 0 Å². The van der Waals surface area contributed by atoms with Crippen LogP contribution in [0.1, 0.15) is 0 Å². The highest BCUT2D eigenvalue weighted by Crippen LogP contribution is 1.61. The molecular weight excluding hydrogens is 82.0 g/mol. The average molecular weight is 89.1 g/mol. The molecule has 0 amide bonds. The second-order valence-electron chi connectivity index (χ2n) is 0.994. The zero-order chi connectivity index (χ0) is 4.24. The third-order valence-electron chi connectivity index (χ3n) is 0.532. The summed E-state index contributed by atoms with van der Waals surface area (Å²) in [7, 11) is 0. The molecule has 0 aromatic heterocycles. The predicted molar refractivity (Wildman–Crippen MR) is 20.2 cm³/mol. The molecule has 1 aliphatic rings. The Labute approximate surface area is 35.8 Å². The van der Waals surface area contributed by atoms with Gasteiger partial charge in [0.05, 0.1) is 6.67 Å². The normalized spacial score (nSPS) is 24.0. The molecule has 0 radical (unpaired) electrons. The molecular formula is C2H7N3O. The van der Waals surface area contributed by atoms with Crippen LogP contribution in [-0.2, 0) is 4.84 Å². The molecule has 4 heteroatoms. The molecule has 1 saturated heterocycles. The lowest BCUT2D eigenvalue weighted by Gasteiger charge is -2.13. The van der Waals surface area contributed by atoms with Crippen LogP contribution in [-0.4, -0.2) is 13.4 Å². The maximum atomic E-state index is 4.60.